The van der Waals surface area contributed by atoms with Crippen molar-refractivity contribution in [1.29, 1.82) is 0 Å². The Balaban J connectivity index is 1.85. The van der Waals surface area contributed by atoms with Gasteiger partial charge in [0.2, 0.25) is 0 Å². The molecule has 0 saturated carbocycles. The Bertz CT molecular complexity index is 1120. The second-order valence-corrected chi connectivity index (χ2v) is 8.65. The van der Waals surface area contributed by atoms with Crippen LogP contribution >= 0.6 is 23.8 Å². The Morgan fingerprint density at radius 1 is 1.36 bits per heavy atom. The molecule has 3 N–H and O–H groups in total. The third-order valence-corrected chi connectivity index (χ3v) is 6.20. The minimum absolute atomic E-state index is 0.0235. The number of rotatable bonds is 7. The van der Waals surface area contributed by atoms with Crippen molar-refractivity contribution in [2.45, 2.75) is 38.4 Å². The number of nitrogens with zero attached hydrogens (tertiary/aromatic N) is 2. The highest BCUT2D eigenvalue weighted by Gasteiger charge is 2.34. The van der Waals surface area contributed by atoms with Crippen molar-refractivity contribution >= 4 is 40.2 Å². The number of thiocarbonyl (C=S) groups is 1. The van der Waals surface area contributed by atoms with E-state index in [2.05, 4.69) is 10.4 Å². The molecular formula is C23H24ClF3N4OS. The van der Waals surface area contributed by atoms with Crippen molar-refractivity contribution in [3.05, 3.63) is 69.5 Å². The minimum Gasteiger partial charge on any atom is -0.348 e. The van der Waals surface area contributed by atoms with Crippen molar-refractivity contribution in [2.24, 2.45) is 12.8 Å². The zero-order valence-electron chi connectivity index (χ0n) is 18.2. The van der Waals surface area contributed by atoms with E-state index in [0.717, 1.165) is 22.9 Å². The standard InChI is InChI=1S/C23H24ClF3N4OS/c1-3-13-9-17(20(33)10-16(13)21-19(24)12-29-31(21)2)22(32)30-15(11-28)8-14-6-4-5-7-18(14)23(25,26)27/h4-7,9,12,15H,3,8,10-11,28H2,1-2H3,(H,30,32)/t15-/m0/s1. The van der Waals surface area contributed by atoms with E-state index in [1.807, 2.05) is 6.92 Å². The number of nitrogens with one attached hydrogen (secondary N) is 1. The Hall–Kier alpha value is -2.49. The summed E-state index contributed by atoms with van der Waals surface area (Å²) in [4.78, 5) is 13.4. The Morgan fingerprint density at radius 3 is 2.64 bits per heavy atom. The molecule has 5 nitrogen and oxygen atoms in total. The molecule has 1 atom stereocenters. The summed E-state index contributed by atoms with van der Waals surface area (Å²) in [5, 5.41) is 7.42. The smallest absolute Gasteiger partial charge is 0.348 e. The number of amides is 1. The molecule has 10 heteroatoms. The number of aromatic nitrogens is 2. The van der Waals surface area contributed by atoms with Gasteiger partial charge in [-0.05, 0) is 41.7 Å². The van der Waals surface area contributed by atoms with Crippen LogP contribution in [0.3, 0.4) is 0 Å². The summed E-state index contributed by atoms with van der Waals surface area (Å²) in [6, 6.07) is 4.59. The largest absolute Gasteiger partial charge is 0.416 e. The lowest BCUT2D eigenvalue weighted by Crippen LogP contribution is -2.43. The molecule has 1 heterocycles. The van der Waals surface area contributed by atoms with E-state index in [4.69, 9.17) is 29.6 Å². The maximum absolute atomic E-state index is 13.3. The first-order valence-corrected chi connectivity index (χ1v) is 11.2. The van der Waals surface area contributed by atoms with Crippen LogP contribution in [0.2, 0.25) is 5.02 Å². The Kier molecular flexibility index (Phi) is 7.76. The normalized spacial score (nSPS) is 15.5. The van der Waals surface area contributed by atoms with Gasteiger partial charge in [0.15, 0.2) is 0 Å². The molecule has 33 heavy (non-hydrogen) atoms. The summed E-state index contributed by atoms with van der Waals surface area (Å²) in [5.41, 5.74) is 7.97. The van der Waals surface area contributed by atoms with Gasteiger partial charge in [-0.25, -0.2) is 0 Å². The lowest BCUT2D eigenvalue weighted by Gasteiger charge is -2.24. The van der Waals surface area contributed by atoms with Gasteiger partial charge in [0, 0.05) is 30.9 Å². The Morgan fingerprint density at radius 2 is 2.06 bits per heavy atom. The van der Waals surface area contributed by atoms with E-state index in [9.17, 15) is 18.0 Å². The third kappa shape index (κ3) is 5.54. The van der Waals surface area contributed by atoms with E-state index in [-0.39, 0.29) is 18.5 Å². The number of nitrogens with two attached hydrogens (primary N) is 1. The van der Waals surface area contributed by atoms with Gasteiger partial charge >= 0.3 is 6.18 Å². The number of alkyl halides is 3. The first-order chi connectivity index (χ1) is 15.6. The predicted octanol–water partition coefficient (Wildman–Crippen LogP) is 4.64. The maximum atomic E-state index is 13.3. The summed E-state index contributed by atoms with van der Waals surface area (Å²) in [7, 11) is 1.78. The average molecular weight is 497 g/mol. The highest BCUT2D eigenvalue weighted by Crippen LogP contribution is 2.35. The maximum Gasteiger partial charge on any atom is 0.416 e. The van der Waals surface area contributed by atoms with E-state index < -0.39 is 23.7 Å². The number of hydrogen-bond acceptors (Lipinski definition) is 4. The molecule has 0 aliphatic heterocycles. The average Bonchev–Trinajstić information content (AvgIpc) is 3.10. The summed E-state index contributed by atoms with van der Waals surface area (Å²) in [6.07, 6.45) is -0.299. The van der Waals surface area contributed by atoms with Crippen LogP contribution in [0.15, 0.2) is 47.7 Å². The van der Waals surface area contributed by atoms with Gasteiger partial charge in [-0.15, -0.1) is 0 Å². The van der Waals surface area contributed by atoms with Gasteiger partial charge in [-0.3, -0.25) is 9.48 Å². The molecule has 2 aromatic rings. The number of benzene rings is 1. The van der Waals surface area contributed by atoms with Crippen LogP contribution in [0.1, 0.15) is 36.6 Å². The zero-order chi connectivity index (χ0) is 24.3. The number of allylic oxidation sites excluding steroid dienone is 3. The molecular weight excluding hydrogens is 473 g/mol. The van der Waals surface area contributed by atoms with Crippen molar-refractivity contribution in [3.63, 3.8) is 0 Å². The molecule has 1 amide bonds. The van der Waals surface area contributed by atoms with Crippen molar-refractivity contribution in [2.75, 3.05) is 6.54 Å². The molecule has 1 aliphatic carbocycles. The van der Waals surface area contributed by atoms with Crippen LogP contribution in [0.5, 0.6) is 0 Å². The monoisotopic (exact) mass is 496 g/mol. The highest BCUT2D eigenvalue weighted by atomic mass is 35.5. The molecule has 0 radical (unpaired) electrons. The van der Waals surface area contributed by atoms with Crippen LogP contribution in [-0.2, 0) is 24.4 Å². The van der Waals surface area contributed by atoms with Gasteiger partial charge in [0.25, 0.3) is 5.91 Å². The fraction of sp³-hybridized carbons (Fsp3) is 0.348. The van der Waals surface area contributed by atoms with Crippen LogP contribution in [-0.4, -0.2) is 33.1 Å². The number of hydrogen-bond donors (Lipinski definition) is 2. The van der Waals surface area contributed by atoms with Crippen LogP contribution in [0.25, 0.3) is 5.57 Å². The number of carbonyl (C=O) groups is 1. The van der Waals surface area contributed by atoms with Gasteiger partial charge in [-0.2, -0.15) is 18.3 Å². The lowest BCUT2D eigenvalue weighted by molar-refractivity contribution is -0.138. The van der Waals surface area contributed by atoms with Gasteiger partial charge in [-0.1, -0.05) is 48.9 Å². The van der Waals surface area contributed by atoms with Crippen molar-refractivity contribution < 1.29 is 18.0 Å². The van der Waals surface area contributed by atoms with Crippen molar-refractivity contribution in [3.8, 4) is 0 Å². The molecule has 0 saturated heterocycles. The lowest BCUT2D eigenvalue weighted by atomic mass is 9.88. The molecule has 1 aromatic heterocycles. The molecule has 3 rings (SSSR count). The van der Waals surface area contributed by atoms with E-state index >= 15 is 0 Å². The SMILES string of the molecule is CCC1=C(c2c(Cl)cnn2C)CC(=S)C(C(=O)N[C@H](CN)Cc2ccccc2C(F)(F)F)=C1. The number of aryl methyl sites for hydroxylation is 1. The predicted molar refractivity (Wildman–Crippen MR) is 127 cm³/mol. The summed E-state index contributed by atoms with van der Waals surface area (Å²) >= 11 is 11.8. The first-order valence-electron chi connectivity index (χ1n) is 10.4. The van der Waals surface area contributed by atoms with Gasteiger partial charge < -0.3 is 11.1 Å². The molecule has 1 aromatic carbocycles. The number of carbonyl (C=O) groups excluding carboxylic acids is 1. The quantitative estimate of drug-likeness (QED) is 0.548. The number of halogens is 4. The van der Waals surface area contributed by atoms with Gasteiger partial charge in [0.05, 0.1) is 28.0 Å². The van der Waals surface area contributed by atoms with Gasteiger partial charge in [0.1, 0.15) is 0 Å². The molecule has 176 valence electrons. The fourth-order valence-electron chi connectivity index (χ4n) is 3.90. The third-order valence-electron chi connectivity index (χ3n) is 5.56. The summed E-state index contributed by atoms with van der Waals surface area (Å²) < 4.78 is 41.7. The van der Waals surface area contributed by atoms with Crippen LogP contribution < -0.4 is 11.1 Å². The zero-order valence-corrected chi connectivity index (χ0v) is 19.7. The minimum atomic E-state index is -4.49. The first kappa shape index (κ1) is 25.1. The van der Waals surface area contributed by atoms with E-state index in [0.29, 0.717) is 28.3 Å². The Labute approximate surface area is 200 Å². The molecule has 0 unspecified atom stereocenters. The van der Waals surface area contributed by atoms with Crippen LogP contribution in [0, 0.1) is 0 Å². The van der Waals surface area contributed by atoms with E-state index in [1.54, 1.807) is 24.0 Å². The van der Waals surface area contributed by atoms with Crippen LogP contribution in [0.4, 0.5) is 13.2 Å². The second kappa shape index (κ2) is 10.2. The fourth-order valence-corrected chi connectivity index (χ4v) is 4.48. The second-order valence-electron chi connectivity index (χ2n) is 7.75. The molecule has 0 bridgehead atoms. The van der Waals surface area contributed by atoms with Crippen molar-refractivity contribution in [1.82, 2.24) is 15.1 Å². The molecule has 0 spiro atoms. The topological polar surface area (TPSA) is 72.9 Å². The summed E-state index contributed by atoms with van der Waals surface area (Å²) in [5.74, 6) is -0.457. The molecule has 0 fully saturated rings. The highest BCUT2D eigenvalue weighted by molar-refractivity contribution is 7.81. The van der Waals surface area contributed by atoms with E-state index in [1.165, 1.54) is 18.2 Å². The summed E-state index contributed by atoms with van der Waals surface area (Å²) in [6.45, 7) is 1.93. The molecule has 1 aliphatic rings.